The number of alkyl halides is 3. The summed E-state index contributed by atoms with van der Waals surface area (Å²) in [6.45, 7) is 3.77. The van der Waals surface area contributed by atoms with E-state index in [9.17, 15) is 18.0 Å². The van der Waals surface area contributed by atoms with E-state index in [1.807, 2.05) is 19.9 Å². The minimum atomic E-state index is -4.63. The minimum absolute atomic E-state index is 0.0606. The Morgan fingerprint density at radius 1 is 1.07 bits per heavy atom. The summed E-state index contributed by atoms with van der Waals surface area (Å²) in [5.41, 5.74) is 1.42. The van der Waals surface area contributed by atoms with Crippen molar-refractivity contribution < 1.29 is 18.0 Å². The van der Waals surface area contributed by atoms with Crippen LogP contribution in [0, 0.1) is 13.8 Å². The smallest absolute Gasteiger partial charge is 0.321 e. The predicted molar refractivity (Wildman–Crippen MR) is 97.4 cm³/mol. The zero-order valence-corrected chi connectivity index (χ0v) is 15.2. The maximum Gasteiger partial charge on any atom is 0.418 e. The number of aromatic nitrogens is 2. The Hall–Kier alpha value is -2.80. The molecule has 0 aliphatic carbocycles. The molecular weight excluding hydrogens is 379 g/mol. The van der Waals surface area contributed by atoms with E-state index in [-0.39, 0.29) is 16.3 Å². The van der Waals surface area contributed by atoms with Gasteiger partial charge in [0.2, 0.25) is 0 Å². The monoisotopic (exact) mass is 393 g/mol. The van der Waals surface area contributed by atoms with Gasteiger partial charge in [0, 0.05) is 16.3 Å². The third-order valence-electron chi connectivity index (χ3n) is 3.92. The second-order valence-electron chi connectivity index (χ2n) is 6.03. The summed E-state index contributed by atoms with van der Waals surface area (Å²) in [7, 11) is 0. The first-order valence-corrected chi connectivity index (χ1v) is 8.35. The Bertz CT molecular complexity index is 994. The topological polar surface area (TPSA) is 46.9 Å². The molecule has 3 aromatic rings. The lowest BCUT2D eigenvalue weighted by atomic mass is 10.1. The van der Waals surface area contributed by atoms with Crippen LogP contribution >= 0.6 is 11.6 Å². The number of hydrogen-bond donors (Lipinski definition) is 1. The molecule has 3 rings (SSSR count). The van der Waals surface area contributed by atoms with Crippen LogP contribution in [0.15, 0.2) is 48.5 Å². The highest BCUT2D eigenvalue weighted by Gasteiger charge is 2.34. The number of aryl methyl sites for hydroxylation is 2. The molecule has 0 saturated heterocycles. The minimum Gasteiger partial charge on any atom is -0.321 e. The van der Waals surface area contributed by atoms with Gasteiger partial charge in [-0.1, -0.05) is 11.6 Å². The molecule has 0 unspecified atom stereocenters. The van der Waals surface area contributed by atoms with Gasteiger partial charge in [0.05, 0.1) is 22.6 Å². The van der Waals surface area contributed by atoms with Crippen molar-refractivity contribution in [3.8, 4) is 5.69 Å². The molecule has 4 nitrogen and oxygen atoms in total. The second kappa shape index (κ2) is 7.08. The summed E-state index contributed by atoms with van der Waals surface area (Å²) in [6, 6.07) is 11.5. The lowest BCUT2D eigenvalue weighted by Gasteiger charge is -2.14. The van der Waals surface area contributed by atoms with Gasteiger partial charge in [-0.3, -0.25) is 4.79 Å². The molecule has 0 spiro atoms. The summed E-state index contributed by atoms with van der Waals surface area (Å²) in [4.78, 5) is 12.4. The Morgan fingerprint density at radius 3 is 2.30 bits per heavy atom. The van der Waals surface area contributed by atoms with E-state index in [0.717, 1.165) is 29.2 Å². The molecule has 0 saturated carbocycles. The number of benzene rings is 2. The number of carbonyl (C=O) groups is 1. The molecule has 0 radical (unpaired) electrons. The molecule has 8 heteroatoms. The molecule has 0 bridgehead atoms. The number of carbonyl (C=O) groups excluding carboxylic acids is 1. The van der Waals surface area contributed by atoms with E-state index in [4.69, 9.17) is 11.6 Å². The van der Waals surface area contributed by atoms with Gasteiger partial charge in [-0.05, 0) is 62.4 Å². The first kappa shape index (κ1) is 19.0. The highest BCUT2D eigenvalue weighted by Crippen LogP contribution is 2.36. The van der Waals surface area contributed by atoms with Crippen LogP contribution in [0.2, 0.25) is 5.02 Å². The third kappa shape index (κ3) is 4.14. The van der Waals surface area contributed by atoms with Gasteiger partial charge < -0.3 is 5.32 Å². The van der Waals surface area contributed by atoms with Crippen molar-refractivity contribution in [3.05, 3.63) is 76.1 Å². The van der Waals surface area contributed by atoms with Crippen LogP contribution in [0.25, 0.3) is 5.69 Å². The molecule has 2 aromatic carbocycles. The normalized spacial score (nSPS) is 11.5. The van der Waals surface area contributed by atoms with Gasteiger partial charge in [0.1, 0.15) is 0 Å². The lowest BCUT2D eigenvalue weighted by molar-refractivity contribution is -0.136. The molecule has 1 amide bonds. The molecule has 140 valence electrons. The zero-order chi connectivity index (χ0) is 19.8. The third-order valence-corrected chi connectivity index (χ3v) is 4.15. The second-order valence-corrected chi connectivity index (χ2v) is 6.46. The highest BCUT2D eigenvalue weighted by atomic mass is 35.5. The van der Waals surface area contributed by atoms with E-state index in [2.05, 4.69) is 10.4 Å². The first-order valence-electron chi connectivity index (χ1n) is 7.97. The van der Waals surface area contributed by atoms with Crippen molar-refractivity contribution in [1.82, 2.24) is 9.78 Å². The molecular formula is C19H15ClF3N3O. The van der Waals surface area contributed by atoms with Crippen LogP contribution in [0.4, 0.5) is 18.9 Å². The predicted octanol–water partition coefficient (Wildman–Crippen LogP) is 5.41. The van der Waals surface area contributed by atoms with Gasteiger partial charge >= 0.3 is 6.18 Å². The average molecular weight is 394 g/mol. The van der Waals surface area contributed by atoms with Crippen molar-refractivity contribution in [2.75, 3.05) is 5.32 Å². The van der Waals surface area contributed by atoms with E-state index in [0.29, 0.717) is 0 Å². The van der Waals surface area contributed by atoms with Crippen molar-refractivity contribution >= 4 is 23.2 Å². The van der Waals surface area contributed by atoms with Crippen molar-refractivity contribution in [2.45, 2.75) is 20.0 Å². The van der Waals surface area contributed by atoms with Crippen molar-refractivity contribution in [3.63, 3.8) is 0 Å². The van der Waals surface area contributed by atoms with Crippen LogP contribution in [0.3, 0.4) is 0 Å². The fourth-order valence-corrected chi connectivity index (χ4v) is 2.87. The Balaban J connectivity index is 1.85. The van der Waals surface area contributed by atoms with Crippen LogP contribution in [0.5, 0.6) is 0 Å². The van der Waals surface area contributed by atoms with E-state index >= 15 is 0 Å². The van der Waals surface area contributed by atoms with Crippen LogP contribution < -0.4 is 5.32 Å². The lowest BCUT2D eigenvalue weighted by Crippen LogP contribution is -2.16. The van der Waals surface area contributed by atoms with Crippen molar-refractivity contribution in [1.29, 1.82) is 0 Å². The van der Waals surface area contributed by atoms with Gasteiger partial charge in [0.15, 0.2) is 0 Å². The summed E-state index contributed by atoms with van der Waals surface area (Å²) >= 11 is 5.65. The quantitative estimate of drug-likeness (QED) is 0.646. The summed E-state index contributed by atoms with van der Waals surface area (Å²) in [6.07, 6.45) is -4.63. The van der Waals surface area contributed by atoms with Crippen LogP contribution in [-0.2, 0) is 6.18 Å². The first-order chi connectivity index (χ1) is 12.6. The number of halogens is 4. The Morgan fingerprint density at radius 2 is 1.74 bits per heavy atom. The standard InChI is InChI=1S/C19H15ClF3N3O/c1-11-9-12(2)26(25-11)15-6-3-13(4-7-15)18(27)24-17-8-5-14(20)10-16(17)19(21,22)23/h3-10H,1-2H3,(H,24,27). The molecule has 0 fully saturated rings. The van der Waals surface area contributed by atoms with Crippen molar-refractivity contribution in [2.24, 2.45) is 0 Å². The molecule has 1 heterocycles. The summed E-state index contributed by atoms with van der Waals surface area (Å²) in [5.74, 6) is -0.650. The van der Waals surface area contributed by atoms with E-state index in [1.165, 1.54) is 18.2 Å². The van der Waals surface area contributed by atoms with E-state index < -0.39 is 17.6 Å². The largest absolute Gasteiger partial charge is 0.418 e. The van der Waals surface area contributed by atoms with E-state index in [1.54, 1.807) is 16.8 Å². The van der Waals surface area contributed by atoms with Gasteiger partial charge in [0.25, 0.3) is 5.91 Å². The average Bonchev–Trinajstić information content (AvgIpc) is 2.94. The Kier molecular flexibility index (Phi) is 4.97. The highest BCUT2D eigenvalue weighted by molar-refractivity contribution is 6.30. The maximum absolute atomic E-state index is 13.1. The molecule has 27 heavy (non-hydrogen) atoms. The summed E-state index contributed by atoms with van der Waals surface area (Å²) < 4.78 is 41.1. The molecule has 0 atom stereocenters. The van der Waals surface area contributed by atoms with Gasteiger partial charge in [-0.25, -0.2) is 4.68 Å². The number of amides is 1. The van der Waals surface area contributed by atoms with Gasteiger partial charge in [-0.15, -0.1) is 0 Å². The molecule has 0 aliphatic rings. The van der Waals surface area contributed by atoms with Crippen LogP contribution in [-0.4, -0.2) is 15.7 Å². The maximum atomic E-state index is 13.1. The van der Waals surface area contributed by atoms with Crippen LogP contribution in [0.1, 0.15) is 27.3 Å². The number of hydrogen-bond acceptors (Lipinski definition) is 2. The molecule has 0 aliphatic heterocycles. The zero-order valence-electron chi connectivity index (χ0n) is 14.4. The SMILES string of the molecule is Cc1cc(C)n(-c2ccc(C(=O)Nc3ccc(Cl)cc3C(F)(F)F)cc2)n1. The molecule has 1 N–H and O–H groups in total. The fraction of sp³-hybridized carbons (Fsp3) is 0.158. The van der Waals surface area contributed by atoms with Gasteiger partial charge in [-0.2, -0.15) is 18.3 Å². The molecule has 1 aromatic heterocycles. The summed E-state index contributed by atoms with van der Waals surface area (Å²) in [5, 5.41) is 6.58. The number of anilines is 1. The number of nitrogens with zero attached hydrogens (tertiary/aromatic N) is 2. The fourth-order valence-electron chi connectivity index (χ4n) is 2.70. The number of rotatable bonds is 3. The number of nitrogens with one attached hydrogen (secondary N) is 1. The Labute approximate surface area is 158 Å².